The van der Waals surface area contributed by atoms with Crippen LogP contribution in [0.2, 0.25) is 0 Å². The Morgan fingerprint density at radius 1 is 1.50 bits per heavy atom. The highest BCUT2D eigenvalue weighted by Crippen LogP contribution is 1.82. The van der Waals surface area contributed by atoms with Crippen LogP contribution in [0.15, 0.2) is 11.8 Å². The Labute approximate surface area is 74.9 Å². The van der Waals surface area contributed by atoms with Gasteiger partial charge in [0, 0.05) is 6.08 Å². The first-order chi connectivity index (χ1) is 4.54. The predicted octanol–water partition coefficient (Wildman–Crippen LogP) is 2.04. The van der Waals surface area contributed by atoms with Crippen molar-refractivity contribution in [3.05, 3.63) is 11.8 Å². The van der Waals surface area contributed by atoms with Gasteiger partial charge >= 0.3 is 13.4 Å². The molecule has 0 fully saturated rings. The van der Waals surface area contributed by atoms with E-state index in [2.05, 4.69) is 0 Å². The summed E-state index contributed by atoms with van der Waals surface area (Å²) in [5, 5.41) is 8.36. The maximum absolute atomic E-state index is 10.0. The molecule has 2 nitrogen and oxygen atoms in total. The highest BCUT2D eigenvalue weighted by Gasteiger charge is 1.82. The minimum atomic E-state index is -0.306. The van der Waals surface area contributed by atoms with Crippen LogP contribution in [0.1, 0.15) is 13.8 Å². The van der Waals surface area contributed by atoms with Gasteiger partial charge in [0.25, 0.3) is 0 Å². The van der Waals surface area contributed by atoms with Crippen LogP contribution in [-0.4, -0.2) is 24.3 Å². The average molecular weight is 198 g/mol. The lowest BCUT2D eigenvalue weighted by Gasteiger charge is -1.80. The SMILES string of the molecule is CC(=O)/C=C(/C)O.[Cl][Al][Cl]. The molecule has 0 heterocycles. The van der Waals surface area contributed by atoms with E-state index in [1.807, 2.05) is 0 Å². The van der Waals surface area contributed by atoms with Crippen molar-refractivity contribution in [1.82, 2.24) is 0 Å². The first-order valence-electron chi connectivity index (χ1n) is 2.44. The van der Waals surface area contributed by atoms with Gasteiger partial charge < -0.3 is 5.11 Å². The summed E-state index contributed by atoms with van der Waals surface area (Å²) in [5.74, 6) is -0.0625. The third kappa shape index (κ3) is 23.9. The van der Waals surface area contributed by atoms with Gasteiger partial charge in [-0.15, -0.1) is 0 Å². The van der Waals surface area contributed by atoms with E-state index < -0.39 is 0 Å². The largest absolute Gasteiger partial charge is 0.512 e. The third-order valence-corrected chi connectivity index (χ3v) is 0.412. The summed E-state index contributed by atoms with van der Waals surface area (Å²) >= 11 is -0.306. The standard InChI is InChI=1S/C5H8O2.Al.2ClH/c1-4(6)3-5(2)7;;;/h3,6H,1-2H3;;2*1H/q;+2;;/p-2/b4-3-;;;. The molecule has 0 amide bonds. The number of aliphatic hydroxyl groups excluding tert-OH is 1. The molecular weight excluding hydrogens is 190 g/mol. The minimum Gasteiger partial charge on any atom is -0.512 e. The van der Waals surface area contributed by atoms with Gasteiger partial charge in [-0.3, -0.25) is 4.79 Å². The number of carbonyl (C=O) groups is 1. The lowest BCUT2D eigenvalue weighted by Crippen LogP contribution is -1.82. The van der Waals surface area contributed by atoms with E-state index in [0.717, 1.165) is 0 Å². The van der Waals surface area contributed by atoms with E-state index in [0.29, 0.717) is 0 Å². The summed E-state index contributed by atoms with van der Waals surface area (Å²) in [7, 11) is 9.69. The molecule has 5 heteroatoms. The fourth-order valence-electron chi connectivity index (χ4n) is 0.294. The molecule has 0 atom stereocenters. The monoisotopic (exact) mass is 197 g/mol. The summed E-state index contributed by atoms with van der Waals surface area (Å²) in [6.45, 7) is 2.85. The molecule has 0 saturated carbocycles. The Bertz CT molecular complexity index is 121. The molecule has 57 valence electrons. The molecule has 0 aromatic heterocycles. The van der Waals surface area contributed by atoms with Gasteiger partial charge in [-0.25, -0.2) is 20.1 Å². The Hall–Kier alpha value is 0.322. The normalized spacial score (nSPS) is 9.40. The van der Waals surface area contributed by atoms with Crippen molar-refractivity contribution in [3.8, 4) is 0 Å². The Morgan fingerprint density at radius 2 is 1.80 bits per heavy atom. The zero-order chi connectivity index (χ0) is 8.57. The number of halogens is 2. The van der Waals surface area contributed by atoms with Gasteiger partial charge in [0.05, 0.1) is 5.76 Å². The summed E-state index contributed by atoms with van der Waals surface area (Å²) in [6.07, 6.45) is 1.17. The van der Waals surface area contributed by atoms with E-state index in [1.165, 1.54) is 19.9 Å². The molecule has 0 aliphatic carbocycles. The van der Waals surface area contributed by atoms with Crippen molar-refractivity contribution in [3.63, 3.8) is 0 Å². The smallest absolute Gasteiger partial charge is 0.495 e. The number of aliphatic hydroxyl groups is 1. The maximum Gasteiger partial charge on any atom is 0.495 e. The van der Waals surface area contributed by atoms with Crippen LogP contribution in [0.3, 0.4) is 0 Å². The number of allylic oxidation sites excluding steroid dienone is 2. The van der Waals surface area contributed by atoms with Crippen LogP contribution in [0.5, 0.6) is 0 Å². The number of carbonyl (C=O) groups excluding carboxylic acids is 1. The maximum atomic E-state index is 10.0. The van der Waals surface area contributed by atoms with Gasteiger partial charge in [-0.05, 0) is 13.8 Å². The third-order valence-electron chi connectivity index (χ3n) is 0.412. The quantitative estimate of drug-likeness (QED) is 0.397. The number of hydrogen-bond donors (Lipinski definition) is 1. The molecule has 0 unspecified atom stereocenters. The fraction of sp³-hybridized carbons (Fsp3) is 0.400. The van der Waals surface area contributed by atoms with Crippen LogP contribution >= 0.6 is 20.1 Å². The molecule has 0 aliphatic rings. The zero-order valence-electron chi connectivity index (χ0n) is 5.77. The van der Waals surface area contributed by atoms with Crippen molar-refractivity contribution in [2.75, 3.05) is 0 Å². The van der Waals surface area contributed by atoms with E-state index >= 15 is 0 Å². The van der Waals surface area contributed by atoms with Crippen LogP contribution in [0.25, 0.3) is 0 Å². The number of hydrogen-bond acceptors (Lipinski definition) is 2. The van der Waals surface area contributed by atoms with E-state index in [4.69, 9.17) is 25.2 Å². The molecule has 1 radical (unpaired) electrons. The van der Waals surface area contributed by atoms with Gasteiger partial charge in [0.15, 0.2) is 5.78 Å². The molecule has 1 N–H and O–H groups in total. The fourth-order valence-corrected chi connectivity index (χ4v) is 0.294. The second-order valence-electron chi connectivity index (χ2n) is 1.48. The first-order valence-corrected chi connectivity index (χ1v) is 5.93. The molecule has 0 spiro atoms. The van der Waals surface area contributed by atoms with Gasteiger partial charge in [0.1, 0.15) is 0 Å². The van der Waals surface area contributed by atoms with Crippen molar-refractivity contribution >= 4 is 39.3 Å². The average Bonchev–Trinajstić information content (AvgIpc) is 1.62. The summed E-state index contributed by atoms with van der Waals surface area (Å²) in [4.78, 5) is 10.0. The zero-order valence-corrected chi connectivity index (χ0v) is 8.43. The number of ketones is 1. The molecule has 0 aliphatic heterocycles. The first kappa shape index (κ1) is 13.0. The highest BCUT2D eigenvalue weighted by molar-refractivity contribution is 7.22. The highest BCUT2D eigenvalue weighted by atomic mass is 35.7. The van der Waals surface area contributed by atoms with Gasteiger partial charge in [-0.1, -0.05) is 0 Å². The second-order valence-corrected chi connectivity index (χ2v) is 3.62. The van der Waals surface area contributed by atoms with Crippen molar-refractivity contribution in [2.45, 2.75) is 13.8 Å². The van der Waals surface area contributed by atoms with Crippen molar-refractivity contribution in [2.24, 2.45) is 0 Å². The van der Waals surface area contributed by atoms with Gasteiger partial charge in [0.2, 0.25) is 0 Å². The molecular formula is C5H8AlCl2O2. The summed E-state index contributed by atoms with van der Waals surface area (Å²) < 4.78 is 0. The van der Waals surface area contributed by atoms with Crippen molar-refractivity contribution in [1.29, 1.82) is 0 Å². The molecule has 0 aromatic rings. The minimum absolute atomic E-state index is 0.0625. The summed E-state index contributed by atoms with van der Waals surface area (Å²) in [5.41, 5.74) is 0. The lowest BCUT2D eigenvalue weighted by atomic mass is 10.4. The summed E-state index contributed by atoms with van der Waals surface area (Å²) in [6, 6.07) is 0. The molecule has 0 aromatic carbocycles. The van der Waals surface area contributed by atoms with E-state index in [9.17, 15) is 4.79 Å². The predicted molar refractivity (Wildman–Crippen MR) is 44.5 cm³/mol. The van der Waals surface area contributed by atoms with Crippen molar-refractivity contribution < 1.29 is 9.90 Å². The second kappa shape index (κ2) is 9.32. The van der Waals surface area contributed by atoms with E-state index in [1.54, 1.807) is 0 Å². The Morgan fingerprint density at radius 3 is 1.80 bits per heavy atom. The van der Waals surface area contributed by atoms with Crippen LogP contribution < -0.4 is 0 Å². The Balaban J connectivity index is 0. The molecule has 0 rings (SSSR count). The number of rotatable bonds is 1. The van der Waals surface area contributed by atoms with E-state index in [-0.39, 0.29) is 24.9 Å². The van der Waals surface area contributed by atoms with Crippen LogP contribution in [-0.2, 0) is 4.79 Å². The molecule has 0 saturated heterocycles. The van der Waals surface area contributed by atoms with Gasteiger partial charge in [-0.2, -0.15) is 0 Å². The lowest BCUT2D eigenvalue weighted by molar-refractivity contribution is -0.112. The molecule has 10 heavy (non-hydrogen) atoms. The topological polar surface area (TPSA) is 37.3 Å². The van der Waals surface area contributed by atoms with Crippen LogP contribution in [0.4, 0.5) is 0 Å². The molecule has 0 bridgehead atoms. The van der Waals surface area contributed by atoms with Crippen LogP contribution in [0, 0.1) is 0 Å². The Kier molecular flexibility index (Phi) is 12.1.